The second kappa shape index (κ2) is 8.48. The van der Waals surface area contributed by atoms with E-state index in [2.05, 4.69) is 16.4 Å². The zero-order chi connectivity index (χ0) is 25.1. The minimum absolute atomic E-state index is 0.0428. The third-order valence-electron chi connectivity index (χ3n) is 7.20. The Hall–Kier alpha value is -2.65. The van der Waals surface area contributed by atoms with Crippen molar-refractivity contribution in [3.05, 3.63) is 70.3 Å². The van der Waals surface area contributed by atoms with Gasteiger partial charge in [-0.3, -0.25) is 9.45 Å². The van der Waals surface area contributed by atoms with E-state index >= 15 is 0 Å². The van der Waals surface area contributed by atoms with E-state index in [-0.39, 0.29) is 4.48 Å². The molecule has 3 heterocycles. The van der Waals surface area contributed by atoms with E-state index in [1.165, 1.54) is 0 Å². The van der Waals surface area contributed by atoms with Crippen LogP contribution in [0.2, 0.25) is 5.02 Å². The lowest BCUT2D eigenvalue weighted by Gasteiger charge is -2.47. The second-order valence-corrected chi connectivity index (χ2v) is 11.2. The summed E-state index contributed by atoms with van der Waals surface area (Å²) in [6, 6.07) is 11.8. The number of fused-ring (bicyclic) bond motifs is 3. The summed E-state index contributed by atoms with van der Waals surface area (Å²) in [7, 11) is -4.29. The SMILES string of the molecule is CCN1/C(=C/C(C)=C/c2oc3ccccc3[n+]2CC)[N+]2(CCC2S(=O)(=O)O)c2cc(Cl)c(C)cc21. The molecule has 1 N–H and O–H groups in total. The predicted octanol–water partition coefficient (Wildman–Crippen LogP) is 5.41. The maximum atomic E-state index is 12.5. The van der Waals surface area contributed by atoms with Crippen LogP contribution in [0.4, 0.5) is 11.4 Å². The maximum absolute atomic E-state index is 12.5. The zero-order valence-electron chi connectivity index (χ0n) is 20.3. The quantitative estimate of drug-likeness (QED) is 0.279. The summed E-state index contributed by atoms with van der Waals surface area (Å²) >= 11 is 6.50. The van der Waals surface area contributed by atoms with Crippen LogP contribution in [0.15, 0.2) is 58.3 Å². The molecule has 1 aromatic heterocycles. The summed E-state index contributed by atoms with van der Waals surface area (Å²) in [6.07, 6.45) is 4.36. The molecule has 7 nitrogen and oxygen atoms in total. The number of anilines is 1. The highest BCUT2D eigenvalue weighted by molar-refractivity contribution is 7.86. The average molecular weight is 516 g/mol. The van der Waals surface area contributed by atoms with Crippen LogP contribution < -0.4 is 14.0 Å². The lowest BCUT2D eigenvalue weighted by Crippen LogP contribution is -2.68. The average Bonchev–Trinajstić information content (AvgIpc) is 3.24. The van der Waals surface area contributed by atoms with Crippen LogP contribution in [0.3, 0.4) is 0 Å². The van der Waals surface area contributed by atoms with Crippen molar-refractivity contribution in [2.45, 2.75) is 46.0 Å². The molecule has 1 saturated heterocycles. The first-order chi connectivity index (χ1) is 16.6. The van der Waals surface area contributed by atoms with Crippen LogP contribution >= 0.6 is 11.6 Å². The first kappa shape index (κ1) is 24.1. The minimum atomic E-state index is -4.29. The van der Waals surface area contributed by atoms with E-state index < -0.39 is 15.5 Å². The van der Waals surface area contributed by atoms with Crippen molar-refractivity contribution in [3.8, 4) is 0 Å². The van der Waals surface area contributed by atoms with Crippen LogP contribution in [-0.2, 0) is 16.7 Å². The molecule has 2 aliphatic heterocycles. The predicted molar refractivity (Wildman–Crippen MR) is 140 cm³/mol. The van der Waals surface area contributed by atoms with Gasteiger partial charge in [-0.25, -0.2) is 4.48 Å². The van der Waals surface area contributed by atoms with Gasteiger partial charge in [0.25, 0.3) is 5.52 Å². The van der Waals surface area contributed by atoms with Gasteiger partial charge in [0.2, 0.25) is 16.8 Å². The molecule has 5 rings (SSSR count). The van der Waals surface area contributed by atoms with Gasteiger partial charge in [0.05, 0.1) is 19.0 Å². The number of oxazole rings is 1. The van der Waals surface area contributed by atoms with Gasteiger partial charge in [-0.2, -0.15) is 13.0 Å². The lowest BCUT2D eigenvalue weighted by molar-refractivity contribution is -0.674. The normalized spacial score (nSPS) is 23.4. The zero-order valence-corrected chi connectivity index (χ0v) is 21.9. The third-order valence-corrected chi connectivity index (χ3v) is 8.89. The largest absolute Gasteiger partial charge is 0.398 e. The van der Waals surface area contributed by atoms with Crippen molar-refractivity contribution in [1.29, 1.82) is 0 Å². The highest BCUT2D eigenvalue weighted by atomic mass is 35.5. The van der Waals surface area contributed by atoms with E-state index in [0.29, 0.717) is 24.5 Å². The Kier molecular flexibility index (Phi) is 5.83. The fraction of sp³-hybridized carbons (Fsp3) is 0.346. The van der Waals surface area contributed by atoms with Gasteiger partial charge >= 0.3 is 16.0 Å². The number of para-hydroxylation sites is 2. The first-order valence-electron chi connectivity index (χ1n) is 11.9. The molecule has 184 valence electrons. The van der Waals surface area contributed by atoms with Gasteiger partial charge < -0.3 is 4.42 Å². The van der Waals surface area contributed by atoms with Crippen LogP contribution in [0.25, 0.3) is 17.2 Å². The molecule has 2 aromatic carbocycles. The number of nitrogens with zero attached hydrogens (tertiary/aromatic N) is 3. The third kappa shape index (κ3) is 3.62. The molecular weight excluding hydrogens is 486 g/mol. The van der Waals surface area contributed by atoms with Crippen molar-refractivity contribution < 1.29 is 22.0 Å². The fourth-order valence-corrected chi connectivity index (χ4v) is 6.86. The molecule has 9 heteroatoms. The minimum Gasteiger partial charge on any atom is -0.398 e. The van der Waals surface area contributed by atoms with Gasteiger partial charge in [-0.15, -0.1) is 0 Å². The van der Waals surface area contributed by atoms with Gasteiger partial charge in [0, 0.05) is 29.8 Å². The van der Waals surface area contributed by atoms with Crippen molar-refractivity contribution in [1.82, 2.24) is 4.48 Å². The number of allylic oxidation sites excluding steroid dienone is 2. The van der Waals surface area contributed by atoms with Crippen LogP contribution in [0.5, 0.6) is 0 Å². The molecule has 2 atom stereocenters. The number of halogens is 1. The monoisotopic (exact) mass is 515 g/mol. The van der Waals surface area contributed by atoms with E-state index in [1.54, 1.807) is 0 Å². The van der Waals surface area contributed by atoms with E-state index in [1.807, 2.05) is 69.3 Å². The summed E-state index contributed by atoms with van der Waals surface area (Å²) in [5, 5.41) is -0.388. The van der Waals surface area contributed by atoms with E-state index in [0.717, 1.165) is 51.9 Å². The Balaban J connectivity index is 1.69. The van der Waals surface area contributed by atoms with Crippen molar-refractivity contribution in [2.75, 3.05) is 18.0 Å². The standard InChI is InChI=1S/C26H29ClN3O4S/c1-5-28-21-15-18(4)19(27)16-22(21)30(12-11-26(30)35(31,32)33)24(28)13-17(3)14-25-29(6-2)20-9-7-8-10-23(20)34-25/h7-10,13-16,26H,5-6,11-12H2,1-4H3/q+1/p+1. The smallest absolute Gasteiger partial charge is 0.374 e. The highest BCUT2D eigenvalue weighted by Crippen LogP contribution is 2.55. The Morgan fingerprint density at radius 1 is 1.31 bits per heavy atom. The van der Waals surface area contributed by atoms with Crippen LogP contribution in [0.1, 0.15) is 38.6 Å². The molecule has 1 fully saturated rings. The summed E-state index contributed by atoms with van der Waals surface area (Å²) in [6.45, 7) is 9.99. The van der Waals surface area contributed by atoms with Crippen molar-refractivity contribution in [2.24, 2.45) is 0 Å². The molecule has 0 bridgehead atoms. The maximum Gasteiger partial charge on any atom is 0.374 e. The topological polar surface area (TPSA) is 74.6 Å². The summed E-state index contributed by atoms with van der Waals surface area (Å²) in [5.41, 5.74) is 5.40. The number of hydrogen-bond acceptors (Lipinski definition) is 4. The molecule has 35 heavy (non-hydrogen) atoms. The van der Waals surface area contributed by atoms with Crippen LogP contribution in [-0.4, -0.2) is 31.4 Å². The Morgan fingerprint density at radius 2 is 2.06 bits per heavy atom. The van der Waals surface area contributed by atoms with E-state index in [9.17, 15) is 13.0 Å². The summed E-state index contributed by atoms with van der Waals surface area (Å²) in [4.78, 5) is 2.12. The number of benzene rings is 2. The summed E-state index contributed by atoms with van der Waals surface area (Å²) in [5.74, 6) is 1.54. The molecule has 0 aliphatic carbocycles. The number of aryl methyl sites for hydroxylation is 2. The molecular formula is C26H30ClN3O4S+2. The van der Waals surface area contributed by atoms with Gasteiger partial charge in [-0.05, 0) is 51.0 Å². The van der Waals surface area contributed by atoms with Crippen LogP contribution in [0, 0.1) is 6.92 Å². The van der Waals surface area contributed by atoms with Gasteiger partial charge in [-0.1, -0.05) is 23.7 Å². The Morgan fingerprint density at radius 3 is 2.69 bits per heavy atom. The summed E-state index contributed by atoms with van der Waals surface area (Å²) < 4.78 is 43.4. The molecule has 1 spiro atoms. The number of hydrogen-bond donors (Lipinski definition) is 1. The van der Waals surface area contributed by atoms with E-state index in [4.69, 9.17) is 16.0 Å². The van der Waals surface area contributed by atoms with Gasteiger partial charge in [0.15, 0.2) is 5.69 Å². The number of rotatable bonds is 5. The Bertz CT molecular complexity index is 1510. The number of quaternary nitrogens is 1. The molecule has 0 radical (unpaired) electrons. The molecule has 0 saturated carbocycles. The molecule has 2 aliphatic rings. The second-order valence-electron chi connectivity index (χ2n) is 9.23. The molecule has 0 amide bonds. The lowest BCUT2D eigenvalue weighted by atomic mass is 10.1. The highest BCUT2D eigenvalue weighted by Gasteiger charge is 2.63. The van der Waals surface area contributed by atoms with Crippen molar-refractivity contribution in [3.63, 3.8) is 0 Å². The number of aromatic nitrogens is 1. The fourth-order valence-electron chi connectivity index (χ4n) is 5.51. The Labute approximate surface area is 210 Å². The van der Waals surface area contributed by atoms with Crippen molar-refractivity contribution >= 4 is 50.3 Å². The van der Waals surface area contributed by atoms with Gasteiger partial charge in [0.1, 0.15) is 12.2 Å². The molecule has 2 unspecified atom stereocenters. The first-order valence-corrected chi connectivity index (χ1v) is 13.7. The molecule has 3 aromatic rings.